The number of urea groups is 1. The Bertz CT molecular complexity index is 1100. The Morgan fingerprint density at radius 1 is 1.09 bits per heavy atom. The van der Waals surface area contributed by atoms with Gasteiger partial charge in [-0.2, -0.15) is 0 Å². The van der Waals surface area contributed by atoms with Crippen LogP contribution in [0.4, 0.5) is 19.3 Å². The maximum atomic E-state index is 13.9. The molecule has 3 amide bonds. The van der Waals surface area contributed by atoms with Crippen LogP contribution in [0, 0.1) is 23.5 Å². The van der Waals surface area contributed by atoms with Gasteiger partial charge < -0.3 is 20.1 Å². The fraction of sp³-hybridized carbons (Fsp3) is 0.435. The molecule has 2 aliphatic heterocycles. The highest BCUT2D eigenvalue weighted by atomic mass is 19.1. The second-order valence-electron chi connectivity index (χ2n) is 8.89. The van der Waals surface area contributed by atoms with Crippen molar-refractivity contribution >= 4 is 17.6 Å². The second kappa shape index (κ2) is 8.72. The summed E-state index contributed by atoms with van der Waals surface area (Å²) in [7, 11) is 0. The summed E-state index contributed by atoms with van der Waals surface area (Å²) in [6.45, 7) is 5.05. The highest BCUT2D eigenvalue weighted by molar-refractivity contribution is 5.97. The summed E-state index contributed by atoms with van der Waals surface area (Å²) in [5, 5.41) is 5.21. The molecule has 1 aromatic heterocycles. The number of carbonyl (C=O) groups excluding carboxylic acids is 2. The predicted molar refractivity (Wildman–Crippen MR) is 115 cm³/mol. The molecule has 0 aliphatic carbocycles. The van der Waals surface area contributed by atoms with E-state index in [2.05, 4.69) is 10.6 Å². The summed E-state index contributed by atoms with van der Waals surface area (Å²) < 4.78 is 28.9. The maximum Gasteiger partial charge on any atom is 0.318 e. The van der Waals surface area contributed by atoms with E-state index >= 15 is 0 Å². The molecule has 9 heteroatoms. The van der Waals surface area contributed by atoms with Gasteiger partial charge in [0.25, 0.3) is 5.56 Å². The van der Waals surface area contributed by atoms with Crippen LogP contribution in [0.3, 0.4) is 0 Å². The van der Waals surface area contributed by atoms with Crippen LogP contribution in [-0.2, 0) is 11.3 Å². The Morgan fingerprint density at radius 3 is 2.59 bits per heavy atom. The molecule has 2 unspecified atom stereocenters. The minimum atomic E-state index is -0.899. The van der Waals surface area contributed by atoms with E-state index in [-0.39, 0.29) is 35.0 Å². The first-order chi connectivity index (χ1) is 15.2. The third kappa shape index (κ3) is 4.37. The zero-order valence-electron chi connectivity index (χ0n) is 18.0. The van der Waals surface area contributed by atoms with Crippen molar-refractivity contribution in [2.45, 2.75) is 38.8 Å². The molecule has 1 aromatic carbocycles. The maximum absolute atomic E-state index is 13.9. The Labute approximate surface area is 184 Å². The number of anilines is 1. The standard InChI is InChI=1S/C23H26F2N4O3/c1-13(2)21(22(31)26-18-7-6-16(24)9-17(18)25)27-23(32)28-10-14-8-15(12-28)19-4-3-5-20(30)29(19)11-14/h3-7,9,13-15,21H,8,10-12H2,1-2H3,(H,26,31)(H,27,32)/t14?,15?,21-/m0/s1. The molecule has 4 rings (SSSR count). The molecule has 7 nitrogen and oxygen atoms in total. The van der Waals surface area contributed by atoms with Crippen molar-refractivity contribution in [3.8, 4) is 0 Å². The van der Waals surface area contributed by atoms with Gasteiger partial charge in [-0.15, -0.1) is 0 Å². The number of hydrogen-bond donors (Lipinski definition) is 2. The first-order valence-electron chi connectivity index (χ1n) is 10.7. The number of rotatable bonds is 4. The number of piperidine rings is 1. The Kier molecular flexibility index (Phi) is 5.99. The molecule has 170 valence electrons. The molecule has 1 saturated heterocycles. The highest BCUT2D eigenvalue weighted by Crippen LogP contribution is 2.35. The van der Waals surface area contributed by atoms with Gasteiger partial charge in [0.2, 0.25) is 5.91 Å². The van der Waals surface area contributed by atoms with E-state index in [4.69, 9.17) is 0 Å². The molecule has 0 saturated carbocycles. The van der Waals surface area contributed by atoms with Gasteiger partial charge in [0, 0.05) is 43.4 Å². The number of nitrogens with zero attached hydrogens (tertiary/aromatic N) is 2. The molecule has 2 bridgehead atoms. The third-order valence-electron chi connectivity index (χ3n) is 6.18. The number of amides is 3. The molecule has 3 atom stereocenters. The average molecular weight is 444 g/mol. The number of aromatic nitrogens is 1. The number of likely N-dealkylation sites (tertiary alicyclic amines) is 1. The molecular weight excluding hydrogens is 418 g/mol. The van der Waals surface area contributed by atoms with Gasteiger partial charge in [0.15, 0.2) is 0 Å². The Balaban J connectivity index is 1.45. The van der Waals surface area contributed by atoms with Gasteiger partial charge >= 0.3 is 6.03 Å². The average Bonchev–Trinajstić information content (AvgIpc) is 2.74. The highest BCUT2D eigenvalue weighted by Gasteiger charge is 2.37. The van der Waals surface area contributed by atoms with Crippen LogP contribution in [-0.4, -0.2) is 40.5 Å². The number of hydrogen-bond acceptors (Lipinski definition) is 3. The lowest BCUT2D eigenvalue weighted by Crippen LogP contribution is -2.56. The summed E-state index contributed by atoms with van der Waals surface area (Å²) in [5.41, 5.74) is 0.752. The third-order valence-corrected chi connectivity index (χ3v) is 6.18. The second-order valence-corrected chi connectivity index (χ2v) is 8.89. The summed E-state index contributed by atoms with van der Waals surface area (Å²) >= 11 is 0. The summed E-state index contributed by atoms with van der Waals surface area (Å²) in [6, 6.07) is 6.82. The number of carbonyl (C=O) groups is 2. The van der Waals surface area contributed by atoms with Crippen LogP contribution in [0.15, 0.2) is 41.2 Å². The molecule has 32 heavy (non-hydrogen) atoms. The lowest BCUT2D eigenvalue weighted by molar-refractivity contribution is -0.118. The number of fused-ring (bicyclic) bond motifs is 4. The Hall–Kier alpha value is -3.23. The number of pyridine rings is 1. The van der Waals surface area contributed by atoms with Crippen molar-refractivity contribution in [2.24, 2.45) is 11.8 Å². The van der Waals surface area contributed by atoms with Gasteiger partial charge in [-0.05, 0) is 36.5 Å². The molecular formula is C23H26F2N4O3. The van der Waals surface area contributed by atoms with Crippen molar-refractivity contribution in [3.63, 3.8) is 0 Å². The first-order valence-corrected chi connectivity index (χ1v) is 10.7. The zero-order valence-corrected chi connectivity index (χ0v) is 18.0. The number of halogens is 2. The van der Waals surface area contributed by atoms with E-state index < -0.39 is 23.6 Å². The van der Waals surface area contributed by atoms with E-state index in [0.717, 1.165) is 24.2 Å². The zero-order chi connectivity index (χ0) is 23.0. The van der Waals surface area contributed by atoms with Crippen LogP contribution >= 0.6 is 0 Å². The van der Waals surface area contributed by atoms with Crippen molar-refractivity contribution in [1.29, 1.82) is 0 Å². The minimum absolute atomic E-state index is 0.0281. The van der Waals surface area contributed by atoms with Crippen LogP contribution in [0.1, 0.15) is 31.9 Å². The smallest absolute Gasteiger partial charge is 0.318 e. The van der Waals surface area contributed by atoms with Crippen LogP contribution in [0.25, 0.3) is 0 Å². The van der Waals surface area contributed by atoms with Crippen molar-refractivity contribution in [2.75, 3.05) is 18.4 Å². The lowest BCUT2D eigenvalue weighted by atomic mass is 9.83. The predicted octanol–water partition coefficient (Wildman–Crippen LogP) is 2.92. The largest absolute Gasteiger partial charge is 0.326 e. The van der Waals surface area contributed by atoms with Gasteiger partial charge in [0.1, 0.15) is 17.7 Å². The first kappa shape index (κ1) is 22.0. The molecule has 2 N–H and O–H groups in total. The molecule has 2 aliphatic rings. The summed E-state index contributed by atoms with van der Waals surface area (Å²) in [4.78, 5) is 39.7. The quantitative estimate of drug-likeness (QED) is 0.761. The fourth-order valence-corrected chi connectivity index (χ4v) is 4.62. The molecule has 2 aromatic rings. The van der Waals surface area contributed by atoms with Crippen LogP contribution < -0.4 is 16.2 Å². The minimum Gasteiger partial charge on any atom is -0.326 e. The van der Waals surface area contributed by atoms with E-state index in [1.54, 1.807) is 35.4 Å². The fourth-order valence-electron chi connectivity index (χ4n) is 4.62. The van der Waals surface area contributed by atoms with Crippen molar-refractivity contribution in [3.05, 3.63) is 64.1 Å². The SMILES string of the molecule is CC(C)[C@H](NC(=O)N1CC2CC(C1)c1cccc(=O)n1C2)C(=O)Nc1ccc(F)cc1F. The van der Waals surface area contributed by atoms with Gasteiger partial charge in [-0.3, -0.25) is 9.59 Å². The van der Waals surface area contributed by atoms with E-state index in [1.807, 2.05) is 6.07 Å². The van der Waals surface area contributed by atoms with Gasteiger partial charge in [-0.1, -0.05) is 19.9 Å². The monoisotopic (exact) mass is 444 g/mol. The van der Waals surface area contributed by atoms with Crippen LogP contribution in [0.2, 0.25) is 0 Å². The van der Waals surface area contributed by atoms with Gasteiger partial charge in [-0.25, -0.2) is 13.6 Å². The Morgan fingerprint density at radius 2 is 1.88 bits per heavy atom. The van der Waals surface area contributed by atoms with Crippen LogP contribution in [0.5, 0.6) is 0 Å². The van der Waals surface area contributed by atoms with E-state index in [9.17, 15) is 23.2 Å². The van der Waals surface area contributed by atoms with Crippen molar-refractivity contribution < 1.29 is 18.4 Å². The molecule has 0 radical (unpaired) electrons. The summed E-state index contributed by atoms with van der Waals surface area (Å²) in [5.74, 6) is -2.24. The molecule has 1 fully saturated rings. The van der Waals surface area contributed by atoms with Crippen molar-refractivity contribution in [1.82, 2.24) is 14.8 Å². The van der Waals surface area contributed by atoms with Gasteiger partial charge in [0.05, 0.1) is 5.69 Å². The van der Waals surface area contributed by atoms with E-state index in [1.165, 1.54) is 0 Å². The topological polar surface area (TPSA) is 83.4 Å². The normalized spacial score (nSPS) is 20.5. The number of benzene rings is 1. The number of nitrogens with one attached hydrogen (secondary N) is 2. The van der Waals surface area contributed by atoms with E-state index in [0.29, 0.717) is 25.7 Å². The summed E-state index contributed by atoms with van der Waals surface area (Å²) in [6.07, 6.45) is 0.908. The molecule has 0 spiro atoms. The molecule has 3 heterocycles. The lowest BCUT2D eigenvalue weighted by Gasteiger charge is -2.43.